The molecule has 1 unspecified atom stereocenters. The van der Waals surface area contributed by atoms with Crippen LogP contribution in [0, 0.1) is 5.41 Å². The van der Waals surface area contributed by atoms with E-state index in [1.165, 1.54) is 0 Å². The molecule has 0 heterocycles. The van der Waals surface area contributed by atoms with E-state index in [0.29, 0.717) is 6.42 Å². The highest BCUT2D eigenvalue weighted by Gasteiger charge is 2.34. The van der Waals surface area contributed by atoms with Crippen molar-refractivity contribution in [1.82, 2.24) is 0 Å². The summed E-state index contributed by atoms with van der Waals surface area (Å²) in [6.45, 7) is 3.68. The van der Waals surface area contributed by atoms with Gasteiger partial charge in [0.05, 0.1) is 10.4 Å². The van der Waals surface area contributed by atoms with E-state index in [9.17, 15) is 4.79 Å². The number of amides is 1. The van der Waals surface area contributed by atoms with E-state index < -0.39 is 5.41 Å². The molecule has 2 rings (SSSR count). The number of fused-ring (bicyclic) bond motifs is 1. The molecule has 0 radical (unpaired) electrons. The summed E-state index contributed by atoms with van der Waals surface area (Å²) in [4.78, 5) is 12.7. The third-order valence-electron chi connectivity index (χ3n) is 3.79. The summed E-state index contributed by atoms with van der Waals surface area (Å²) in [6, 6.07) is 13.7. The van der Waals surface area contributed by atoms with Crippen LogP contribution in [-0.4, -0.2) is 10.9 Å². The van der Waals surface area contributed by atoms with Crippen LogP contribution in [0.1, 0.15) is 20.3 Å². The number of rotatable bonds is 4. The van der Waals surface area contributed by atoms with Gasteiger partial charge in [-0.1, -0.05) is 55.5 Å². The molecule has 1 atom stereocenters. The summed E-state index contributed by atoms with van der Waals surface area (Å²) in [7, 11) is 0. The van der Waals surface area contributed by atoms with E-state index in [1.54, 1.807) is 6.92 Å². The third-order valence-corrected chi connectivity index (χ3v) is 4.24. The fourth-order valence-corrected chi connectivity index (χ4v) is 2.28. The van der Waals surface area contributed by atoms with Crippen molar-refractivity contribution in [2.24, 2.45) is 11.1 Å². The molecule has 0 bridgehead atoms. The third kappa shape index (κ3) is 2.51. The van der Waals surface area contributed by atoms with Crippen molar-refractivity contribution >= 4 is 39.6 Å². The zero-order chi connectivity index (χ0) is 14.8. The monoisotopic (exact) mass is 286 g/mol. The molecule has 3 N–H and O–H groups in total. The average Bonchev–Trinajstić information content (AvgIpc) is 2.46. The molecule has 0 spiro atoms. The van der Waals surface area contributed by atoms with E-state index in [0.717, 1.165) is 16.5 Å². The van der Waals surface area contributed by atoms with Crippen molar-refractivity contribution in [2.45, 2.75) is 20.3 Å². The van der Waals surface area contributed by atoms with Gasteiger partial charge in [-0.25, -0.2) is 0 Å². The molecule has 0 aliphatic carbocycles. The highest BCUT2D eigenvalue weighted by atomic mass is 32.1. The minimum Gasteiger partial charge on any atom is -0.392 e. The molecule has 0 aliphatic rings. The van der Waals surface area contributed by atoms with Gasteiger partial charge in [0.2, 0.25) is 5.91 Å². The number of benzene rings is 2. The van der Waals surface area contributed by atoms with Crippen LogP contribution in [0.3, 0.4) is 0 Å². The van der Waals surface area contributed by atoms with Gasteiger partial charge in [0.25, 0.3) is 0 Å². The normalized spacial score (nSPS) is 13.7. The number of nitrogens with one attached hydrogen (secondary N) is 1. The second-order valence-corrected chi connectivity index (χ2v) is 5.47. The highest BCUT2D eigenvalue weighted by molar-refractivity contribution is 7.80. The summed E-state index contributed by atoms with van der Waals surface area (Å²) in [5.41, 5.74) is 5.67. The minimum atomic E-state index is -0.827. The van der Waals surface area contributed by atoms with Crippen LogP contribution in [0.2, 0.25) is 0 Å². The molecule has 3 nitrogen and oxygen atoms in total. The van der Waals surface area contributed by atoms with Gasteiger partial charge in [-0.3, -0.25) is 4.79 Å². The molecule has 1 amide bonds. The van der Waals surface area contributed by atoms with E-state index in [2.05, 4.69) is 5.32 Å². The predicted molar refractivity (Wildman–Crippen MR) is 87.8 cm³/mol. The molecule has 0 saturated heterocycles. The number of nitrogens with two attached hydrogens (primary N) is 1. The zero-order valence-corrected chi connectivity index (χ0v) is 12.5. The lowest BCUT2D eigenvalue weighted by atomic mass is 9.86. The Balaban J connectivity index is 2.38. The van der Waals surface area contributed by atoms with Crippen molar-refractivity contribution in [3.63, 3.8) is 0 Å². The molecule has 0 aliphatic heterocycles. The summed E-state index contributed by atoms with van der Waals surface area (Å²) >= 11 is 5.03. The molecule has 0 fully saturated rings. The summed E-state index contributed by atoms with van der Waals surface area (Å²) in [5, 5.41) is 5.04. The maximum atomic E-state index is 12.5. The lowest BCUT2D eigenvalue weighted by molar-refractivity contribution is -0.121. The Hall–Kier alpha value is -1.94. The smallest absolute Gasteiger partial charge is 0.237 e. The Morgan fingerprint density at radius 1 is 1.25 bits per heavy atom. The van der Waals surface area contributed by atoms with Crippen LogP contribution in [0.5, 0.6) is 0 Å². The van der Waals surface area contributed by atoms with Crippen LogP contribution in [0.25, 0.3) is 10.8 Å². The van der Waals surface area contributed by atoms with E-state index in [1.807, 2.05) is 49.4 Å². The molecule has 20 heavy (non-hydrogen) atoms. The number of hydrogen-bond acceptors (Lipinski definition) is 2. The molecule has 2 aromatic rings. The van der Waals surface area contributed by atoms with E-state index in [-0.39, 0.29) is 10.9 Å². The van der Waals surface area contributed by atoms with Gasteiger partial charge in [-0.2, -0.15) is 0 Å². The minimum absolute atomic E-state index is 0.163. The van der Waals surface area contributed by atoms with Gasteiger partial charge in [-0.05, 0) is 24.8 Å². The Kier molecular flexibility index (Phi) is 4.04. The Morgan fingerprint density at radius 2 is 1.90 bits per heavy atom. The van der Waals surface area contributed by atoms with Crippen LogP contribution in [-0.2, 0) is 4.79 Å². The first kappa shape index (κ1) is 14.5. The highest BCUT2D eigenvalue weighted by Crippen LogP contribution is 2.27. The second-order valence-electron chi connectivity index (χ2n) is 5.03. The molecular formula is C16H18N2OS. The number of anilines is 1. The maximum absolute atomic E-state index is 12.5. The van der Waals surface area contributed by atoms with Crippen molar-refractivity contribution < 1.29 is 4.79 Å². The zero-order valence-electron chi connectivity index (χ0n) is 11.6. The number of carbonyl (C=O) groups is 1. The fourth-order valence-electron chi connectivity index (χ4n) is 2.04. The number of hydrogen-bond donors (Lipinski definition) is 2. The van der Waals surface area contributed by atoms with Gasteiger partial charge in [-0.15, -0.1) is 0 Å². The van der Waals surface area contributed by atoms with E-state index >= 15 is 0 Å². The topological polar surface area (TPSA) is 55.1 Å². The van der Waals surface area contributed by atoms with Gasteiger partial charge in [0.15, 0.2) is 0 Å². The molecular weight excluding hydrogens is 268 g/mol. The molecule has 104 valence electrons. The largest absolute Gasteiger partial charge is 0.392 e. The molecule has 4 heteroatoms. The van der Waals surface area contributed by atoms with Crippen LogP contribution in [0.4, 0.5) is 5.69 Å². The van der Waals surface area contributed by atoms with Crippen LogP contribution >= 0.6 is 12.2 Å². The quantitative estimate of drug-likeness (QED) is 0.846. The van der Waals surface area contributed by atoms with Gasteiger partial charge in [0.1, 0.15) is 0 Å². The van der Waals surface area contributed by atoms with Gasteiger partial charge >= 0.3 is 0 Å². The van der Waals surface area contributed by atoms with Gasteiger partial charge in [0, 0.05) is 11.1 Å². The molecule has 2 aromatic carbocycles. The standard InChI is InChI=1S/C16H18N2OS/c1-3-16(2,14(17)20)15(19)18-13-10-6-8-11-7-4-5-9-12(11)13/h4-10H,3H2,1-2H3,(H2,17,20)(H,18,19). The first-order valence-corrected chi connectivity index (χ1v) is 6.99. The van der Waals surface area contributed by atoms with Gasteiger partial charge < -0.3 is 11.1 Å². The maximum Gasteiger partial charge on any atom is 0.237 e. The number of thiocarbonyl (C=S) groups is 1. The lowest BCUT2D eigenvalue weighted by Crippen LogP contribution is -2.43. The fraction of sp³-hybridized carbons (Fsp3) is 0.250. The average molecular weight is 286 g/mol. The van der Waals surface area contributed by atoms with Crippen LogP contribution < -0.4 is 11.1 Å². The Labute approximate surface area is 124 Å². The lowest BCUT2D eigenvalue weighted by Gasteiger charge is -2.25. The Morgan fingerprint density at radius 3 is 2.55 bits per heavy atom. The van der Waals surface area contributed by atoms with Crippen molar-refractivity contribution in [3.05, 3.63) is 42.5 Å². The first-order chi connectivity index (χ1) is 9.49. The van der Waals surface area contributed by atoms with E-state index in [4.69, 9.17) is 18.0 Å². The van der Waals surface area contributed by atoms with Crippen molar-refractivity contribution in [2.75, 3.05) is 5.32 Å². The first-order valence-electron chi connectivity index (χ1n) is 6.58. The molecule has 0 saturated carbocycles. The van der Waals surface area contributed by atoms with Crippen LogP contribution in [0.15, 0.2) is 42.5 Å². The predicted octanol–water partition coefficient (Wildman–Crippen LogP) is 3.48. The summed E-state index contributed by atoms with van der Waals surface area (Å²) in [5.74, 6) is -0.163. The SMILES string of the molecule is CCC(C)(C(=O)Nc1cccc2ccccc12)C(N)=S. The molecule has 0 aromatic heterocycles. The second kappa shape index (κ2) is 5.59. The summed E-state index contributed by atoms with van der Waals surface area (Å²) in [6.07, 6.45) is 0.568. The Bertz CT molecular complexity index is 663. The van der Waals surface area contributed by atoms with Crippen molar-refractivity contribution in [1.29, 1.82) is 0 Å². The van der Waals surface area contributed by atoms with Crippen molar-refractivity contribution in [3.8, 4) is 0 Å². The number of carbonyl (C=O) groups excluding carboxylic acids is 1. The summed E-state index contributed by atoms with van der Waals surface area (Å²) < 4.78 is 0.